The number of carbonyl (C=O) groups excluding carboxylic acids is 3. The van der Waals surface area contributed by atoms with E-state index in [1.54, 1.807) is 25.6 Å². The van der Waals surface area contributed by atoms with Gasteiger partial charge in [0.15, 0.2) is 5.78 Å². The van der Waals surface area contributed by atoms with Crippen molar-refractivity contribution in [3.05, 3.63) is 60.0 Å². The second-order valence-electron chi connectivity index (χ2n) is 12.3. The highest BCUT2D eigenvalue weighted by Crippen LogP contribution is 2.45. The van der Waals surface area contributed by atoms with E-state index < -0.39 is 18.0 Å². The Morgan fingerprint density at radius 1 is 1.23 bits per heavy atom. The number of hydrogen-bond acceptors (Lipinski definition) is 7. The summed E-state index contributed by atoms with van der Waals surface area (Å²) in [5.41, 5.74) is 1.81. The zero-order valence-electron chi connectivity index (χ0n) is 25.0. The highest BCUT2D eigenvalue weighted by Gasteiger charge is 2.47. The molecule has 3 aromatic rings. The first kappa shape index (κ1) is 30.2. The fourth-order valence-electron chi connectivity index (χ4n) is 6.20. The van der Waals surface area contributed by atoms with Crippen LogP contribution in [-0.2, 0) is 15.1 Å². The predicted octanol–water partition coefficient (Wildman–Crippen LogP) is 3.99. The molecule has 43 heavy (non-hydrogen) atoms. The Balaban J connectivity index is 1.36. The van der Waals surface area contributed by atoms with E-state index in [2.05, 4.69) is 32.0 Å². The van der Waals surface area contributed by atoms with Crippen molar-refractivity contribution in [1.29, 1.82) is 5.26 Å². The Bertz CT molecular complexity index is 1510. The van der Waals surface area contributed by atoms with Crippen LogP contribution in [0.15, 0.2) is 48.8 Å². The first-order valence-electron chi connectivity index (χ1n) is 15.1. The Labute approximate surface area is 252 Å². The number of hydrogen-bond donors (Lipinski definition) is 4. The molecule has 1 aliphatic heterocycles. The van der Waals surface area contributed by atoms with Gasteiger partial charge in [-0.15, -0.1) is 0 Å². The molecular weight excluding hydrogens is 544 g/mol. The summed E-state index contributed by atoms with van der Waals surface area (Å²) in [4.78, 5) is 47.4. The number of amides is 2. The molecule has 2 aliphatic rings. The van der Waals surface area contributed by atoms with Crippen LogP contribution < -0.4 is 20.7 Å². The van der Waals surface area contributed by atoms with Gasteiger partial charge >= 0.3 is 0 Å². The minimum atomic E-state index is -0.739. The molecule has 1 saturated carbocycles. The van der Waals surface area contributed by atoms with Gasteiger partial charge in [-0.25, -0.2) is 0 Å². The van der Waals surface area contributed by atoms with Crippen molar-refractivity contribution < 1.29 is 19.1 Å². The molecule has 10 nitrogen and oxygen atoms in total. The third-order valence-electron chi connectivity index (χ3n) is 8.67. The lowest BCUT2D eigenvalue weighted by atomic mass is 9.89. The molecule has 2 fully saturated rings. The van der Waals surface area contributed by atoms with Crippen LogP contribution in [0, 0.1) is 29.1 Å². The molecule has 1 aromatic carbocycles. The Morgan fingerprint density at radius 2 is 2.05 bits per heavy atom. The van der Waals surface area contributed by atoms with Crippen LogP contribution in [0.1, 0.15) is 68.4 Å². The summed E-state index contributed by atoms with van der Waals surface area (Å²) in [6, 6.07) is 12.2. The zero-order valence-corrected chi connectivity index (χ0v) is 25.0. The molecule has 0 spiro atoms. The number of nitrogens with one attached hydrogen (secondary N) is 4. The summed E-state index contributed by atoms with van der Waals surface area (Å²) in [6.45, 7) is 4.61. The van der Waals surface area contributed by atoms with E-state index >= 15 is 0 Å². The molecule has 1 saturated heterocycles. The average Bonchev–Trinajstić information content (AvgIpc) is 3.47. The molecule has 3 heterocycles. The van der Waals surface area contributed by atoms with Crippen LogP contribution in [-0.4, -0.2) is 53.3 Å². The maximum Gasteiger partial charge on any atom is 0.223 e. The van der Waals surface area contributed by atoms with E-state index in [0.717, 1.165) is 29.3 Å². The number of aromatic nitrogens is 2. The first-order chi connectivity index (χ1) is 20.7. The number of benzene rings is 1. The molecule has 0 radical (unpaired) electrons. The van der Waals surface area contributed by atoms with Crippen molar-refractivity contribution in [2.45, 2.75) is 70.0 Å². The topological polar surface area (TPSA) is 149 Å². The summed E-state index contributed by atoms with van der Waals surface area (Å²) in [6.07, 6.45) is 6.71. The number of methoxy groups -OCH3 is 1. The summed E-state index contributed by atoms with van der Waals surface area (Å²) in [7, 11) is 1.59. The van der Waals surface area contributed by atoms with Gasteiger partial charge in [-0.1, -0.05) is 26.0 Å². The van der Waals surface area contributed by atoms with Crippen LogP contribution in [0.4, 0.5) is 0 Å². The molecular formula is C33H40N6O4. The fraction of sp³-hybridized carbons (Fsp3) is 0.485. The number of carbonyl (C=O) groups is 3. The van der Waals surface area contributed by atoms with E-state index in [0.29, 0.717) is 37.3 Å². The minimum absolute atomic E-state index is 0.0139. The summed E-state index contributed by atoms with van der Waals surface area (Å²) in [5, 5.41) is 20.6. The number of H-pyrrole nitrogens is 1. The van der Waals surface area contributed by atoms with Crippen molar-refractivity contribution in [2.24, 2.45) is 17.8 Å². The first-order valence-corrected chi connectivity index (χ1v) is 15.1. The highest BCUT2D eigenvalue weighted by molar-refractivity contribution is 6.02. The molecule has 1 aliphatic carbocycles. The number of nitriles is 1. The number of ether oxygens (including phenoxy) is 1. The number of ketones is 1. The Hall–Kier alpha value is -4.23. The van der Waals surface area contributed by atoms with Crippen molar-refractivity contribution in [3.63, 3.8) is 0 Å². The fourth-order valence-corrected chi connectivity index (χ4v) is 6.20. The van der Waals surface area contributed by atoms with Gasteiger partial charge in [-0.2, -0.15) is 5.26 Å². The third-order valence-corrected chi connectivity index (χ3v) is 8.67. The van der Waals surface area contributed by atoms with Crippen molar-refractivity contribution in [1.82, 2.24) is 25.9 Å². The quantitative estimate of drug-likeness (QED) is 0.209. The summed E-state index contributed by atoms with van der Waals surface area (Å²) < 4.78 is 5.44. The molecule has 4 N–H and O–H groups in total. The predicted molar refractivity (Wildman–Crippen MR) is 162 cm³/mol. The number of fused-ring (bicyclic) bond motifs is 1. The van der Waals surface area contributed by atoms with Crippen LogP contribution in [0.25, 0.3) is 10.9 Å². The number of aromatic amines is 1. The highest BCUT2D eigenvalue weighted by atomic mass is 16.5. The van der Waals surface area contributed by atoms with Gasteiger partial charge in [-0.05, 0) is 67.9 Å². The molecule has 4 unspecified atom stereocenters. The van der Waals surface area contributed by atoms with Gasteiger partial charge in [0, 0.05) is 53.6 Å². The maximum atomic E-state index is 13.9. The number of nitrogens with zero attached hydrogens (tertiary/aromatic N) is 2. The van der Waals surface area contributed by atoms with E-state index in [-0.39, 0.29) is 41.4 Å². The Kier molecular flexibility index (Phi) is 9.11. The van der Waals surface area contributed by atoms with E-state index in [4.69, 9.17) is 4.74 Å². The van der Waals surface area contributed by atoms with Gasteiger partial charge in [0.05, 0.1) is 24.9 Å². The smallest absolute Gasteiger partial charge is 0.223 e. The SMILES string of the molecule is COc1cccc2[nH]c(C(=O)CC(CC(C)C)C(=O)NC(CC3CCNC3=O)C(C#N)NC3(c4cccnc4)CC3)cc12. The van der Waals surface area contributed by atoms with E-state index in [1.165, 1.54) is 0 Å². The average molecular weight is 585 g/mol. The molecule has 10 heteroatoms. The number of rotatable bonds is 14. The van der Waals surface area contributed by atoms with E-state index in [9.17, 15) is 19.6 Å². The van der Waals surface area contributed by atoms with Crippen LogP contribution in [0.2, 0.25) is 0 Å². The molecule has 4 atom stereocenters. The molecule has 5 rings (SSSR count). The van der Waals surface area contributed by atoms with Crippen LogP contribution in [0.3, 0.4) is 0 Å². The number of Topliss-reactive ketones (excluding diaryl/α,β-unsaturated/α-hetero) is 1. The lowest BCUT2D eigenvalue weighted by molar-refractivity contribution is -0.127. The minimum Gasteiger partial charge on any atom is -0.496 e. The van der Waals surface area contributed by atoms with Gasteiger partial charge < -0.3 is 20.4 Å². The van der Waals surface area contributed by atoms with Crippen LogP contribution in [0.5, 0.6) is 5.75 Å². The third kappa shape index (κ3) is 6.89. The maximum absolute atomic E-state index is 13.9. The van der Waals surface area contributed by atoms with Crippen molar-refractivity contribution >= 4 is 28.5 Å². The second kappa shape index (κ2) is 13.0. The van der Waals surface area contributed by atoms with Crippen molar-refractivity contribution in [3.8, 4) is 11.8 Å². The lowest BCUT2D eigenvalue weighted by Crippen LogP contribution is -2.54. The molecule has 2 aromatic heterocycles. The number of pyridine rings is 1. The van der Waals surface area contributed by atoms with Gasteiger partial charge in [0.25, 0.3) is 0 Å². The van der Waals surface area contributed by atoms with E-state index in [1.807, 2.05) is 44.2 Å². The Morgan fingerprint density at radius 3 is 2.67 bits per heavy atom. The monoisotopic (exact) mass is 584 g/mol. The normalized spacial score (nSPS) is 19.3. The van der Waals surface area contributed by atoms with Gasteiger partial charge in [-0.3, -0.25) is 24.7 Å². The molecule has 0 bridgehead atoms. The van der Waals surface area contributed by atoms with Crippen LogP contribution >= 0.6 is 0 Å². The standard InChI is InChI=1S/C33H40N6O4/c1-20(2)14-22(16-29(40)27-17-24-25(37-27)7-4-8-30(24)43-3)32(42)38-26(15-21-9-13-36-31(21)41)28(18-34)39-33(10-11-33)23-6-5-12-35-19-23/h4-8,12,17,19-22,26,28,37,39H,9-11,13-16H2,1-3H3,(H,36,41)(H,38,42). The largest absolute Gasteiger partial charge is 0.496 e. The summed E-state index contributed by atoms with van der Waals surface area (Å²) in [5.74, 6) is -0.598. The van der Waals surface area contributed by atoms with Gasteiger partial charge in [0.1, 0.15) is 11.8 Å². The summed E-state index contributed by atoms with van der Waals surface area (Å²) >= 11 is 0. The van der Waals surface area contributed by atoms with Gasteiger partial charge in [0.2, 0.25) is 11.8 Å². The molecule has 226 valence electrons. The zero-order chi connectivity index (χ0) is 30.6. The molecule has 2 amide bonds. The second-order valence-corrected chi connectivity index (χ2v) is 12.3. The lowest BCUT2D eigenvalue weighted by Gasteiger charge is -2.31. The van der Waals surface area contributed by atoms with Crippen molar-refractivity contribution in [2.75, 3.05) is 13.7 Å².